The van der Waals surface area contributed by atoms with Crippen LogP contribution >= 0.6 is 23.2 Å². The van der Waals surface area contributed by atoms with Crippen LogP contribution in [-0.4, -0.2) is 17.9 Å². The van der Waals surface area contributed by atoms with Gasteiger partial charge in [-0.3, -0.25) is 4.79 Å². The lowest BCUT2D eigenvalue weighted by Crippen LogP contribution is -2.42. The smallest absolute Gasteiger partial charge is 0.328 e. The third kappa shape index (κ3) is 6.36. The first kappa shape index (κ1) is 20.3. The van der Waals surface area contributed by atoms with Crippen LogP contribution in [-0.2, 0) is 16.1 Å². The van der Waals surface area contributed by atoms with E-state index in [4.69, 9.17) is 27.9 Å². The minimum atomic E-state index is -0.725. The first-order valence-electron chi connectivity index (χ1n) is 8.32. The van der Waals surface area contributed by atoms with Crippen molar-refractivity contribution in [2.45, 2.75) is 32.9 Å². The van der Waals surface area contributed by atoms with E-state index in [1.54, 1.807) is 42.5 Å². The summed E-state index contributed by atoms with van der Waals surface area (Å²) >= 11 is 11.8. The predicted octanol–water partition coefficient (Wildman–Crippen LogP) is 4.88. The van der Waals surface area contributed by atoms with Gasteiger partial charge in [-0.2, -0.15) is 0 Å². The van der Waals surface area contributed by atoms with Crippen molar-refractivity contribution < 1.29 is 14.3 Å². The van der Waals surface area contributed by atoms with Gasteiger partial charge in [0.25, 0.3) is 5.91 Å². The van der Waals surface area contributed by atoms with Gasteiger partial charge in [0.05, 0.1) is 0 Å². The summed E-state index contributed by atoms with van der Waals surface area (Å²) < 4.78 is 5.37. The second-order valence-electron chi connectivity index (χ2n) is 6.40. The quantitative estimate of drug-likeness (QED) is 0.681. The summed E-state index contributed by atoms with van der Waals surface area (Å²) in [5.41, 5.74) is 1.23. The number of hydrogen-bond acceptors (Lipinski definition) is 3. The van der Waals surface area contributed by atoms with Gasteiger partial charge in [-0.05, 0) is 54.3 Å². The van der Waals surface area contributed by atoms with Crippen LogP contribution < -0.4 is 5.32 Å². The standard InChI is InChI=1S/C20H21Cl2NO3/c1-13(2)10-18(23-19(24)15-6-8-16(21)9-7-15)20(25)26-12-14-4-3-5-17(22)11-14/h3-9,11,13,18H,10,12H2,1-2H3,(H,23,24)/t18-/m0/s1. The Bertz CT molecular complexity index is 760. The SMILES string of the molecule is CC(C)C[C@H](NC(=O)c1ccc(Cl)cc1)C(=O)OCc1cccc(Cl)c1. The van der Waals surface area contributed by atoms with Crippen LogP contribution in [0.4, 0.5) is 0 Å². The van der Waals surface area contributed by atoms with Crippen LogP contribution in [0.2, 0.25) is 10.0 Å². The van der Waals surface area contributed by atoms with E-state index >= 15 is 0 Å². The number of benzene rings is 2. The molecule has 0 aromatic heterocycles. The highest BCUT2D eigenvalue weighted by molar-refractivity contribution is 6.30. The molecular formula is C20H21Cl2NO3. The van der Waals surface area contributed by atoms with Crippen molar-refractivity contribution in [3.05, 3.63) is 69.7 Å². The number of carbonyl (C=O) groups excluding carboxylic acids is 2. The first-order chi connectivity index (χ1) is 12.3. The lowest BCUT2D eigenvalue weighted by Gasteiger charge is -2.19. The van der Waals surface area contributed by atoms with Crippen molar-refractivity contribution in [1.29, 1.82) is 0 Å². The Kier molecular flexibility index (Phi) is 7.49. The number of rotatable bonds is 7. The zero-order valence-electron chi connectivity index (χ0n) is 14.7. The molecule has 0 bridgehead atoms. The van der Waals surface area contributed by atoms with Gasteiger partial charge in [-0.15, -0.1) is 0 Å². The molecule has 138 valence electrons. The molecule has 0 spiro atoms. The molecule has 0 radical (unpaired) electrons. The van der Waals surface area contributed by atoms with Crippen molar-refractivity contribution >= 4 is 35.1 Å². The zero-order chi connectivity index (χ0) is 19.1. The van der Waals surface area contributed by atoms with E-state index in [0.717, 1.165) is 5.56 Å². The van der Waals surface area contributed by atoms with E-state index in [2.05, 4.69) is 5.32 Å². The topological polar surface area (TPSA) is 55.4 Å². The summed E-state index contributed by atoms with van der Waals surface area (Å²) in [5.74, 6) is -0.600. The molecule has 2 aromatic rings. The Morgan fingerprint density at radius 1 is 1.04 bits per heavy atom. The Morgan fingerprint density at radius 3 is 2.35 bits per heavy atom. The Balaban J connectivity index is 2.01. The average Bonchev–Trinajstić information content (AvgIpc) is 2.59. The van der Waals surface area contributed by atoms with Gasteiger partial charge in [0.2, 0.25) is 0 Å². The van der Waals surface area contributed by atoms with Crippen LogP contribution in [0.3, 0.4) is 0 Å². The van der Waals surface area contributed by atoms with E-state index in [0.29, 0.717) is 22.0 Å². The molecule has 26 heavy (non-hydrogen) atoms. The first-order valence-corrected chi connectivity index (χ1v) is 9.08. The summed E-state index contributed by atoms with van der Waals surface area (Å²) in [6.07, 6.45) is 0.480. The van der Waals surface area contributed by atoms with Crippen molar-refractivity contribution in [3.8, 4) is 0 Å². The number of amides is 1. The molecule has 0 fully saturated rings. The summed E-state index contributed by atoms with van der Waals surface area (Å²) in [6, 6.07) is 12.9. The van der Waals surface area contributed by atoms with E-state index in [9.17, 15) is 9.59 Å². The number of halogens is 2. The van der Waals surface area contributed by atoms with Gasteiger partial charge < -0.3 is 10.1 Å². The molecule has 1 atom stereocenters. The molecule has 0 saturated heterocycles. The molecule has 0 saturated carbocycles. The highest BCUT2D eigenvalue weighted by atomic mass is 35.5. The van der Waals surface area contributed by atoms with Gasteiger partial charge in [0.1, 0.15) is 12.6 Å². The molecule has 0 aliphatic carbocycles. The average molecular weight is 394 g/mol. The maximum atomic E-state index is 12.5. The Hall–Kier alpha value is -2.04. The highest BCUT2D eigenvalue weighted by Crippen LogP contribution is 2.14. The third-order valence-corrected chi connectivity index (χ3v) is 4.16. The molecular weight excluding hydrogens is 373 g/mol. The van der Waals surface area contributed by atoms with Crippen LogP contribution in [0.5, 0.6) is 0 Å². The second-order valence-corrected chi connectivity index (χ2v) is 7.27. The van der Waals surface area contributed by atoms with Crippen molar-refractivity contribution in [3.63, 3.8) is 0 Å². The summed E-state index contributed by atoms with van der Waals surface area (Å²) in [4.78, 5) is 24.9. The van der Waals surface area contributed by atoms with Crippen molar-refractivity contribution in [2.75, 3.05) is 0 Å². The molecule has 2 rings (SSSR count). The summed E-state index contributed by atoms with van der Waals surface area (Å²) in [7, 11) is 0. The minimum Gasteiger partial charge on any atom is -0.459 e. The van der Waals surface area contributed by atoms with Crippen LogP contribution in [0.15, 0.2) is 48.5 Å². The van der Waals surface area contributed by atoms with Gasteiger partial charge in [0, 0.05) is 15.6 Å². The van der Waals surface area contributed by atoms with Crippen LogP contribution in [0, 0.1) is 5.92 Å². The van der Waals surface area contributed by atoms with Crippen LogP contribution in [0.1, 0.15) is 36.2 Å². The Morgan fingerprint density at radius 2 is 1.73 bits per heavy atom. The summed E-state index contributed by atoms with van der Waals surface area (Å²) in [5, 5.41) is 3.87. The largest absolute Gasteiger partial charge is 0.459 e. The predicted molar refractivity (Wildman–Crippen MR) is 103 cm³/mol. The minimum absolute atomic E-state index is 0.102. The highest BCUT2D eigenvalue weighted by Gasteiger charge is 2.24. The normalized spacial score (nSPS) is 11.9. The van der Waals surface area contributed by atoms with Gasteiger partial charge in [0.15, 0.2) is 0 Å². The molecule has 1 N–H and O–H groups in total. The molecule has 2 aromatic carbocycles. The van der Waals surface area contributed by atoms with E-state index < -0.39 is 12.0 Å². The second kappa shape index (κ2) is 9.60. The third-order valence-electron chi connectivity index (χ3n) is 3.67. The van der Waals surface area contributed by atoms with Crippen molar-refractivity contribution in [2.24, 2.45) is 5.92 Å². The molecule has 0 aliphatic heterocycles. The number of hydrogen-bond donors (Lipinski definition) is 1. The fourth-order valence-electron chi connectivity index (χ4n) is 2.41. The maximum Gasteiger partial charge on any atom is 0.328 e. The Labute approximate surface area is 163 Å². The zero-order valence-corrected chi connectivity index (χ0v) is 16.2. The van der Waals surface area contributed by atoms with Crippen molar-refractivity contribution in [1.82, 2.24) is 5.32 Å². The lowest BCUT2D eigenvalue weighted by atomic mass is 10.0. The molecule has 0 unspecified atom stereocenters. The van der Waals surface area contributed by atoms with Gasteiger partial charge in [-0.25, -0.2) is 4.79 Å². The number of esters is 1. The molecule has 0 heterocycles. The lowest BCUT2D eigenvalue weighted by molar-refractivity contribution is -0.147. The van der Waals surface area contributed by atoms with E-state index in [1.165, 1.54) is 0 Å². The van der Waals surface area contributed by atoms with Gasteiger partial charge in [-0.1, -0.05) is 49.2 Å². The maximum absolute atomic E-state index is 12.5. The number of nitrogens with one attached hydrogen (secondary N) is 1. The molecule has 0 aliphatic rings. The van der Waals surface area contributed by atoms with Gasteiger partial charge >= 0.3 is 5.97 Å². The van der Waals surface area contributed by atoms with Crippen LogP contribution in [0.25, 0.3) is 0 Å². The monoisotopic (exact) mass is 393 g/mol. The fourth-order valence-corrected chi connectivity index (χ4v) is 2.75. The molecule has 6 heteroatoms. The number of ether oxygens (including phenoxy) is 1. The van der Waals surface area contributed by atoms with E-state index in [1.807, 2.05) is 19.9 Å². The molecule has 1 amide bonds. The fraction of sp³-hybridized carbons (Fsp3) is 0.300. The number of carbonyl (C=O) groups is 2. The summed E-state index contributed by atoms with van der Waals surface area (Å²) in [6.45, 7) is 4.06. The van der Waals surface area contributed by atoms with E-state index in [-0.39, 0.29) is 18.4 Å². The molecule has 4 nitrogen and oxygen atoms in total.